The van der Waals surface area contributed by atoms with Crippen molar-refractivity contribution in [3.8, 4) is 0 Å². The van der Waals surface area contributed by atoms with Gasteiger partial charge in [0.2, 0.25) is 5.91 Å². The van der Waals surface area contributed by atoms with Crippen molar-refractivity contribution in [2.24, 2.45) is 5.73 Å². The smallest absolute Gasteiger partial charge is 0.394 e. The first-order valence-electron chi connectivity index (χ1n) is 6.51. The molecule has 0 aliphatic carbocycles. The number of nitrogens with zero attached hydrogens (tertiary/aromatic N) is 1. The molecular weight excluding hydrogens is 271 g/mol. The van der Waals surface area contributed by atoms with E-state index in [0.29, 0.717) is 19.4 Å². The number of hydrogen-bond donors (Lipinski definition) is 3. The topological polar surface area (TPSA) is 113 Å². The molecule has 1 amide bonds. The van der Waals surface area contributed by atoms with Crippen molar-refractivity contribution in [1.82, 2.24) is 4.90 Å². The van der Waals surface area contributed by atoms with E-state index in [1.807, 2.05) is 0 Å². The zero-order chi connectivity index (χ0) is 14.3. The van der Waals surface area contributed by atoms with Gasteiger partial charge in [-0.15, -0.1) is 9.42 Å². The Morgan fingerprint density at radius 3 is 2.74 bits per heavy atom. The van der Waals surface area contributed by atoms with E-state index >= 15 is 0 Å². The maximum atomic E-state index is 12.0. The third-order valence-corrected chi connectivity index (χ3v) is 3.72. The molecule has 8 heteroatoms. The van der Waals surface area contributed by atoms with Crippen LogP contribution in [0.4, 0.5) is 0 Å². The molecule has 0 saturated carbocycles. The Morgan fingerprint density at radius 2 is 2.16 bits per heavy atom. The first kappa shape index (κ1) is 16.5. The lowest BCUT2D eigenvalue weighted by molar-refractivity contribution is -0.133. The van der Waals surface area contributed by atoms with E-state index in [-0.39, 0.29) is 25.1 Å². The zero-order valence-corrected chi connectivity index (χ0v) is 11.8. The van der Waals surface area contributed by atoms with Crippen LogP contribution in [0.25, 0.3) is 0 Å². The normalized spacial score (nSPS) is 23.7. The van der Waals surface area contributed by atoms with Gasteiger partial charge in [0.05, 0.1) is 19.2 Å². The van der Waals surface area contributed by atoms with Gasteiger partial charge in [-0.3, -0.25) is 4.79 Å². The summed E-state index contributed by atoms with van der Waals surface area (Å²) in [6, 6.07) is -0.318. The van der Waals surface area contributed by atoms with Crippen LogP contribution in [0.1, 0.15) is 32.1 Å². The number of carbonyl (C=O) groups excluding carboxylic acids is 1. The van der Waals surface area contributed by atoms with Crippen molar-refractivity contribution >= 4 is 14.2 Å². The van der Waals surface area contributed by atoms with Crippen LogP contribution in [0.5, 0.6) is 0 Å². The minimum atomic E-state index is -2.67. The van der Waals surface area contributed by atoms with Crippen LogP contribution in [0, 0.1) is 0 Å². The highest BCUT2D eigenvalue weighted by Gasteiger charge is 2.39. The van der Waals surface area contributed by atoms with Crippen molar-refractivity contribution in [3.63, 3.8) is 0 Å². The molecule has 4 N–H and O–H groups in total. The lowest BCUT2D eigenvalue weighted by Crippen LogP contribution is -2.37. The van der Waals surface area contributed by atoms with E-state index in [9.17, 15) is 14.5 Å². The number of amides is 1. The molecule has 0 radical (unpaired) electrons. The Bertz CT molecular complexity index is 315. The number of carbonyl (C=O) groups is 1. The quantitative estimate of drug-likeness (QED) is 0.433. The van der Waals surface area contributed by atoms with Crippen molar-refractivity contribution in [1.29, 1.82) is 0 Å². The van der Waals surface area contributed by atoms with Crippen LogP contribution in [0.3, 0.4) is 0 Å². The summed E-state index contributed by atoms with van der Waals surface area (Å²) in [5.74, 6) is -0.0460. The van der Waals surface area contributed by atoms with Crippen molar-refractivity contribution < 1.29 is 23.9 Å². The SMILES string of the molecule is NCCCCCC(=O)N1C[C@H](O[P+](=O)O)C[C@H]1CO. The van der Waals surface area contributed by atoms with Crippen LogP contribution < -0.4 is 5.73 Å². The van der Waals surface area contributed by atoms with Gasteiger partial charge in [-0.25, -0.2) is 0 Å². The van der Waals surface area contributed by atoms with Crippen molar-refractivity contribution in [2.75, 3.05) is 19.7 Å². The fourth-order valence-electron chi connectivity index (χ4n) is 2.30. The summed E-state index contributed by atoms with van der Waals surface area (Å²) >= 11 is 0. The summed E-state index contributed by atoms with van der Waals surface area (Å²) in [7, 11) is -2.67. The fourth-order valence-corrected chi connectivity index (χ4v) is 2.70. The van der Waals surface area contributed by atoms with Crippen LogP contribution in [0.2, 0.25) is 0 Å². The maximum Gasteiger partial charge on any atom is 0.695 e. The monoisotopic (exact) mass is 293 g/mol. The maximum absolute atomic E-state index is 12.0. The number of unbranched alkanes of at least 4 members (excludes halogenated alkanes) is 2. The molecule has 3 atom stereocenters. The van der Waals surface area contributed by atoms with Gasteiger partial charge in [-0.05, 0) is 19.4 Å². The highest BCUT2D eigenvalue weighted by Crippen LogP contribution is 2.28. The number of likely N-dealkylation sites (tertiary alicyclic amines) is 1. The summed E-state index contributed by atoms with van der Waals surface area (Å²) in [5, 5.41) is 9.25. The van der Waals surface area contributed by atoms with Gasteiger partial charge in [-0.1, -0.05) is 6.42 Å². The Labute approximate surface area is 113 Å². The lowest BCUT2D eigenvalue weighted by atomic mass is 10.1. The highest BCUT2D eigenvalue weighted by atomic mass is 31.1. The van der Waals surface area contributed by atoms with Gasteiger partial charge in [-0.2, -0.15) is 0 Å². The molecule has 1 rings (SSSR count). The second-order valence-electron chi connectivity index (χ2n) is 4.68. The Hall–Kier alpha value is -0.590. The molecule has 1 unspecified atom stereocenters. The second-order valence-corrected chi connectivity index (χ2v) is 5.37. The molecular formula is C11H22N2O5P+. The van der Waals surface area contributed by atoms with E-state index in [4.69, 9.17) is 15.2 Å². The zero-order valence-electron chi connectivity index (χ0n) is 10.9. The highest BCUT2D eigenvalue weighted by molar-refractivity contribution is 7.32. The van der Waals surface area contributed by atoms with Crippen LogP contribution in [-0.2, 0) is 13.9 Å². The number of hydrogen-bond acceptors (Lipinski definition) is 5. The van der Waals surface area contributed by atoms with E-state index in [1.165, 1.54) is 0 Å². The molecule has 1 saturated heterocycles. The van der Waals surface area contributed by atoms with Gasteiger partial charge in [0.15, 0.2) is 0 Å². The van der Waals surface area contributed by atoms with Crippen LogP contribution in [0.15, 0.2) is 0 Å². The molecule has 0 aromatic carbocycles. The molecule has 7 nitrogen and oxygen atoms in total. The van der Waals surface area contributed by atoms with E-state index in [1.54, 1.807) is 4.90 Å². The fraction of sp³-hybridized carbons (Fsp3) is 0.909. The predicted octanol–water partition coefficient (Wildman–Crippen LogP) is 0.134. The molecule has 19 heavy (non-hydrogen) atoms. The summed E-state index contributed by atoms with van der Waals surface area (Å²) in [5.41, 5.74) is 5.38. The number of nitrogens with two attached hydrogens (primary N) is 1. The standard InChI is InChI=1S/C11H21N2O5P/c12-5-3-1-2-4-11(15)13-7-10(18-19(16)17)6-9(13)8-14/h9-10,14H,1-8,12H2/p+1/t9-,10+/m0/s1. The summed E-state index contributed by atoms with van der Waals surface area (Å²) in [4.78, 5) is 22.3. The van der Waals surface area contributed by atoms with E-state index in [0.717, 1.165) is 19.3 Å². The average molecular weight is 293 g/mol. The summed E-state index contributed by atoms with van der Waals surface area (Å²) in [6.45, 7) is 0.732. The molecule has 1 heterocycles. The minimum Gasteiger partial charge on any atom is -0.394 e. The first-order chi connectivity index (χ1) is 9.08. The molecule has 1 fully saturated rings. The van der Waals surface area contributed by atoms with Gasteiger partial charge in [0, 0.05) is 17.4 Å². The second kappa shape index (κ2) is 8.55. The molecule has 0 spiro atoms. The third-order valence-electron chi connectivity index (χ3n) is 3.24. The van der Waals surface area contributed by atoms with Gasteiger partial charge in [0.25, 0.3) is 0 Å². The third kappa shape index (κ3) is 5.50. The number of rotatable bonds is 8. The summed E-state index contributed by atoms with van der Waals surface area (Å²) < 4.78 is 15.4. The number of aliphatic hydroxyl groups is 1. The molecule has 1 aliphatic heterocycles. The van der Waals surface area contributed by atoms with Crippen molar-refractivity contribution in [2.45, 2.75) is 44.2 Å². The van der Waals surface area contributed by atoms with E-state index in [2.05, 4.69) is 0 Å². The van der Waals surface area contributed by atoms with Gasteiger partial charge >= 0.3 is 8.25 Å². The Balaban J connectivity index is 2.41. The summed E-state index contributed by atoms with van der Waals surface area (Å²) in [6.07, 6.45) is 2.90. The van der Waals surface area contributed by atoms with Crippen LogP contribution in [-0.4, -0.2) is 52.6 Å². The molecule has 0 aromatic heterocycles. The molecule has 0 bridgehead atoms. The average Bonchev–Trinajstić information content (AvgIpc) is 2.76. The molecule has 1 aliphatic rings. The number of aliphatic hydroxyl groups excluding tert-OH is 1. The van der Waals surface area contributed by atoms with E-state index < -0.39 is 14.4 Å². The van der Waals surface area contributed by atoms with Gasteiger partial charge < -0.3 is 15.7 Å². The van der Waals surface area contributed by atoms with Gasteiger partial charge in [0.1, 0.15) is 6.10 Å². The molecule has 110 valence electrons. The first-order valence-corrected chi connectivity index (χ1v) is 7.64. The minimum absolute atomic E-state index is 0.0460. The largest absolute Gasteiger partial charge is 0.695 e. The van der Waals surface area contributed by atoms with Crippen molar-refractivity contribution in [3.05, 3.63) is 0 Å². The molecule has 0 aromatic rings. The predicted molar refractivity (Wildman–Crippen MR) is 69.4 cm³/mol. The Kier molecular flexibility index (Phi) is 7.41. The lowest BCUT2D eigenvalue weighted by Gasteiger charge is -2.22. The Morgan fingerprint density at radius 1 is 1.42 bits per heavy atom. The van der Waals surface area contributed by atoms with Crippen LogP contribution >= 0.6 is 8.25 Å².